The minimum absolute atomic E-state index is 0.0397. The van der Waals surface area contributed by atoms with Gasteiger partial charge in [0.15, 0.2) is 0 Å². The lowest BCUT2D eigenvalue weighted by Gasteiger charge is -2.21. The summed E-state index contributed by atoms with van der Waals surface area (Å²) in [4.78, 5) is 22.9. The van der Waals surface area contributed by atoms with Crippen LogP contribution in [0.3, 0.4) is 0 Å². The van der Waals surface area contributed by atoms with E-state index in [4.69, 9.17) is 0 Å². The fraction of sp³-hybridized carbons (Fsp3) is 0.636. The number of imide groups is 1. The third-order valence-corrected chi connectivity index (χ3v) is 2.51. The monoisotopic (exact) mass is 225 g/mol. The summed E-state index contributed by atoms with van der Waals surface area (Å²) in [5, 5.41) is 8.00. The maximum Gasteiger partial charge on any atom is 0.325 e. The molecule has 0 aromatic carbocycles. The third-order valence-electron chi connectivity index (χ3n) is 2.51. The van der Waals surface area contributed by atoms with Crippen molar-refractivity contribution in [2.75, 3.05) is 13.1 Å². The summed E-state index contributed by atoms with van der Waals surface area (Å²) in [5.41, 5.74) is 0. The largest absolute Gasteiger partial charge is 0.325 e. The normalized spacial score (nSPS) is 17.3. The number of carbonyl (C=O) groups is 2. The quantitative estimate of drug-likeness (QED) is 0.663. The molecule has 0 radical (unpaired) electrons. The maximum absolute atomic E-state index is 11.6. The number of hydrogen-bond acceptors (Lipinski definition) is 3. The van der Waals surface area contributed by atoms with Gasteiger partial charge in [0.2, 0.25) is 5.91 Å². The van der Waals surface area contributed by atoms with Crippen molar-refractivity contribution in [3.8, 4) is 0 Å². The van der Waals surface area contributed by atoms with E-state index in [1.165, 1.54) is 0 Å². The first-order chi connectivity index (χ1) is 7.74. The third kappa shape index (κ3) is 4.44. The average molecular weight is 225 g/mol. The molecular formula is C11H19N3O2. The molecule has 0 spiro atoms. The highest BCUT2D eigenvalue weighted by Gasteiger charge is 2.21. The summed E-state index contributed by atoms with van der Waals surface area (Å²) in [6, 6.07) is -0.451. The molecule has 90 valence electrons. The van der Waals surface area contributed by atoms with Crippen molar-refractivity contribution in [2.24, 2.45) is 5.92 Å². The molecule has 0 bridgehead atoms. The number of carbonyl (C=O) groups excluding carboxylic acids is 2. The predicted octanol–water partition coefficient (Wildman–Crippen LogP) is 0.736. The van der Waals surface area contributed by atoms with Gasteiger partial charge in [-0.05, 0) is 32.4 Å². The number of piperidine rings is 1. The minimum atomic E-state index is -0.451. The molecule has 1 aliphatic rings. The van der Waals surface area contributed by atoms with Gasteiger partial charge in [-0.3, -0.25) is 10.1 Å². The van der Waals surface area contributed by atoms with Crippen LogP contribution < -0.4 is 16.0 Å². The summed E-state index contributed by atoms with van der Waals surface area (Å²) in [6.07, 6.45) is 5.80. The van der Waals surface area contributed by atoms with E-state index in [2.05, 4.69) is 16.0 Å². The van der Waals surface area contributed by atoms with Gasteiger partial charge in [0, 0.05) is 12.1 Å². The number of urea groups is 1. The number of nitrogens with one attached hydrogen (secondary N) is 3. The van der Waals surface area contributed by atoms with Gasteiger partial charge in [-0.2, -0.15) is 0 Å². The maximum atomic E-state index is 11.6. The highest BCUT2D eigenvalue weighted by atomic mass is 16.2. The Kier molecular flexibility index (Phi) is 5.56. The van der Waals surface area contributed by atoms with Crippen molar-refractivity contribution in [3.05, 3.63) is 12.3 Å². The Morgan fingerprint density at radius 2 is 2.06 bits per heavy atom. The van der Waals surface area contributed by atoms with E-state index < -0.39 is 6.03 Å². The predicted molar refractivity (Wildman–Crippen MR) is 61.7 cm³/mol. The molecule has 1 heterocycles. The van der Waals surface area contributed by atoms with E-state index in [1.54, 1.807) is 6.20 Å². The van der Waals surface area contributed by atoms with Gasteiger partial charge in [0.25, 0.3) is 0 Å². The molecule has 1 fully saturated rings. The molecule has 5 heteroatoms. The molecule has 0 atom stereocenters. The van der Waals surface area contributed by atoms with Gasteiger partial charge < -0.3 is 10.6 Å². The Bertz CT molecular complexity index is 270. The van der Waals surface area contributed by atoms with Crippen LogP contribution in [-0.2, 0) is 4.79 Å². The van der Waals surface area contributed by atoms with Crippen LogP contribution in [0.4, 0.5) is 4.79 Å². The van der Waals surface area contributed by atoms with Crippen molar-refractivity contribution in [1.29, 1.82) is 0 Å². The van der Waals surface area contributed by atoms with E-state index in [0.717, 1.165) is 32.4 Å². The van der Waals surface area contributed by atoms with Crippen LogP contribution >= 0.6 is 0 Å². The first-order valence-electron chi connectivity index (χ1n) is 5.71. The Morgan fingerprint density at radius 3 is 2.69 bits per heavy atom. The lowest BCUT2D eigenvalue weighted by atomic mass is 9.97. The van der Waals surface area contributed by atoms with Crippen LogP contribution in [0.1, 0.15) is 26.2 Å². The van der Waals surface area contributed by atoms with Crippen molar-refractivity contribution in [2.45, 2.75) is 26.2 Å². The summed E-state index contributed by atoms with van der Waals surface area (Å²) in [7, 11) is 0. The van der Waals surface area contributed by atoms with E-state index >= 15 is 0 Å². The lowest BCUT2D eigenvalue weighted by molar-refractivity contribution is -0.124. The summed E-state index contributed by atoms with van der Waals surface area (Å²) in [6.45, 7) is 3.65. The fourth-order valence-corrected chi connectivity index (χ4v) is 1.59. The zero-order chi connectivity index (χ0) is 11.8. The van der Waals surface area contributed by atoms with Crippen molar-refractivity contribution in [3.63, 3.8) is 0 Å². The summed E-state index contributed by atoms with van der Waals surface area (Å²) in [5.74, 6) is -0.217. The van der Waals surface area contributed by atoms with Crippen LogP contribution in [0.2, 0.25) is 0 Å². The van der Waals surface area contributed by atoms with Crippen LogP contribution in [-0.4, -0.2) is 25.0 Å². The zero-order valence-electron chi connectivity index (χ0n) is 9.58. The van der Waals surface area contributed by atoms with Gasteiger partial charge in [-0.15, -0.1) is 0 Å². The zero-order valence-corrected chi connectivity index (χ0v) is 9.58. The molecule has 0 unspecified atom stereocenters. The summed E-state index contributed by atoms with van der Waals surface area (Å²) >= 11 is 0. The molecular weight excluding hydrogens is 206 g/mol. The molecule has 3 amide bonds. The molecule has 0 aromatic rings. The Hall–Kier alpha value is -1.36. The van der Waals surface area contributed by atoms with Gasteiger partial charge in [0.05, 0.1) is 0 Å². The van der Waals surface area contributed by atoms with E-state index in [0.29, 0.717) is 0 Å². The molecule has 0 saturated carbocycles. The SMILES string of the molecule is CC/C=C/NC(=O)NC(=O)C1CCNCC1. The van der Waals surface area contributed by atoms with Crippen molar-refractivity contribution >= 4 is 11.9 Å². The van der Waals surface area contributed by atoms with E-state index in [9.17, 15) is 9.59 Å². The topological polar surface area (TPSA) is 70.2 Å². The van der Waals surface area contributed by atoms with Gasteiger partial charge in [-0.25, -0.2) is 4.79 Å². The van der Waals surface area contributed by atoms with Crippen LogP contribution in [0, 0.1) is 5.92 Å². The molecule has 3 N–H and O–H groups in total. The van der Waals surface area contributed by atoms with Gasteiger partial charge in [0.1, 0.15) is 0 Å². The smallest absolute Gasteiger partial charge is 0.317 e. The van der Waals surface area contributed by atoms with E-state index in [-0.39, 0.29) is 11.8 Å². The number of hydrogen-bond donors (Lipinski definition) is 3. The first kappa shape index (κ1) is 12.7. The molecule has 0 aromatic heterocycles. The van der Waals surface area contributed by atoms with Crippen molar-refractivity contribution < 1.29 is 9.59 Å². The molecule has 0 aliphatic carbocycles. The molecule has 1 saturated heterocycles. The second-order valence-electron chi connectivity index (χ2n) is 3.80. The second-order valence-corrected chi connectivity index (χ2v) is 3.80. The Labute approximate surface area is 95.7 Å². The van der Waals surface area contributed by atoms with E-state index in [1.807, 2.05) is 13.0 Å². The number of allylic oxidation sites excluding steroid dienone is 1. The fourth-order valence-electron chi connectivity index (χ4n) is 1.59. The van der Waals surface area contributed by atoms with Crippen LogP contribution in [0.15, 0.2) is 12.3 Å². The lowest BCUT2D eigenvalue weighted by Crippen LogP contribution is -2.43. The average Bonchev–Trinajstić information content (AvgIpc) is 2.30. The first-order valence-corrected chi connectivity index (χ1v) is 5.71. The highest BCUT2D eigenvalue weighted by molar-refractivity contribution is 5.95. The molecule has 5 nitrogen and oxygen atoms in total. The Balaban J connectivity index is 2.26. The number of amides is 3. The van der Waals surface area contributed by atoms with Crippen LogP contribution in [0.5, 0.6) is 0 Å². The molecule has 16 heavy (non-hydrogen) atoms. The minimum Gasteiger partial charge on any atom is -0.317 e. The molecule has 1 rings (SSSR count). The van der Waals surface area contributed by atoms with Crippen molar-refractivity contribution in [1.82, 2.24) is 16.0 Å². The number of rotatable bonds is 3. The van der Waals surface area contributed by atoms with Crippen LogP contribution in [0.25, 0.3) is 0 Å². The van der Waals surface area contributed by atoms with Gasteiger partial charge >= 0.3 is 6.03 Å². The van der Waals surface area contributed by atoms with Gasteiger partial charge in [-0.1, -0.05) is 13.0 Å². The second kappa shape index (κ2) is 7.00. The summed E-state index contributed by atoms with van der Waals surface area (Å²) < 4.78 is 0. The molecule has 1 aliphatic heterocycles. The standard InChI is InChI=1S/C11H19N3O2/c1-2-3-6-13-11(16)14-10(15)9-4-7-12-8-5-9/h3,6,9,12H,2,4-5,7-8H2,1H3,(H2,13,14,15,16)/b6-3+. The highest BCUT2D eigenvalue weighted by Crippen LogP contribution is 2.10. The Morgan fingerprint density at radius 1 is 1.38 bits per heavy atom.